The molecule has 0 aliphatic carbocycles. The molecular weight excluding hydrogens is 540 g/mol. The summed E-state index contributed by atoms with van der Waals surface area (Å²) in [6.07, 6.45) is 9.55. The van der Waals surface area contributed by atoms with Gasteiger partial charge in [-0.2, -0.15) is 0 Å². The molecule has 0 spiro atoms. The predicted molar refractivity (Wildman–Crippen MR) is 169 cm³/mol. The van der Waals surface area contributed by atoms with Gasteiger partial charge in [0.05, 0.1) is 6.61 Å². The molecule has 1 saturated heterocycles. The summed E-state index contributed by atoms with van der Waals surface area (Å²) in [5.74, 6) is 2.24. The van der Waals surface area contributed by atoms with Gasteiger partial charge in [-0.3, -0.25) is 4.79 Å². The van der Waals surface area contributed by atoms with Crippen molar-refractivity contribution in [3.8, 4) is 11.5 Å². The van der Waals surface area contributed by atoms with E-state index < -0.39 is 17.2 Å². The molecule has 1 aliphatic rings. The zero-order valence-corrected chi connectivity index (χ0v) is 26.6. The molecule has 7 heteroatoms. The van der Waals surface area contributed by atoms with E-state index in [9.17, 15) is 9.59 Å². The van der Waals surface area contributed by atoms with E-state index in [1.54, 1.807) is 26.0 Å². The molecule has 0 aromatic heterocycles. The van der Waals surface area contributed by atoms with Crippen molar-refractivity contribution in [1.82, 2.24) is 0 Å². The number of hydrogen-bond acceptors (Lipinski definition) is 7. The average molecular weight is 585 g/mol. The van der Waals surface area contributed by atoms with Gasteiger partial charge in [-0.1, -0.05) is 40.5 Å². The van der Waals surface area contributed by atoms with Crippen LogP contribution in [0.15, 0.2) is 42.5 Å². The Labute approximate surface area is 248 Å². The molecule has 2 aromatic carbocycles. The summed E-state index contributed by atoms with van der Waals surface area (Å²) >= 11 is 0. The van der Waals surface area contributed by atoms with Crippen LogP contribution in [0.5, 0.6) is 11.5 Å². The highest BCUT2D eigenvalue weighted by atomic mass is 33.1. The Morgan fingerprint density at radius 3 is 2.25 bits per heavy atom. The zero-order valence-electron chi connectivity index (χ0n) is 25.0. The topological polar surface area (TPSA) is 61.8 Å². The Hall–Kier alpha value is -2.38. The third-order valence-electron chi connectivity index (χ3n) is 6.46. The molecule has 1 heterocycles. The van der Waals surface area contributed by atoms with Gasteiger partial charge in [0.2, 0.25) is 0 Å². The van der Waals surface area contributed by atoms with E-state index in [4.69, 9.17) is 14.2 Å². The Morgan fingerprint density at radius 1 is 0.975 bits per heavy atom. The van der Waals surface area contributed by atoms with Gasteiger partial charge in [-0.05, 0) is 127 Å². The van der Waals surface area contributed by atoms with E-state index in [0.29, 0.717) is 17.9 Å². The van der Waals surface area contributed by atoms with E-state index in [-0.39, 0.29) is 5.78 Å². The van der Waals surface area contributed by atoms with Crippen LogP contribution >= 0.6 is 21.6 Å². The second kappa shape index (κ2) is 14.5. The largest absolute Gasteiger partial charge is 0.494 e. The minimum atomic E-state index is -1.14. The van der Waals surface area contributed by atoms with Crippen molar-refractivity contribution >= 4 is 39.4 Å². The molecule has 2 aromatic rings. The minimum absolute atomic E-state index is 0.0730. The predicted octanol–water partition coefficient (Wildman–Crippen LogP) is 8.79. The SMILES string of the molecule is Cc1cc(/C=C/C(=O)c2ccc(OCCCCCC3CCSS3)cc2)cc(C)c1OC(C)(C)C(=O)OC(C)(C)C. The molecule has 1 fully saturated rings. The summed E-state index contributed by atoms with van der Waals surface area (Å²) in [6, 6.07) is 11.2. The van der Waals surface area contributed by atoms with Crippen molar-refractivity contribution in [1.29, 1.82) is 0 Å². The van der Waals surface area contributed by atoms with E-state index in [2.05, 4.69) is 0 Å². The lowest BCUT2D eigenvalue weighted by Gasteiger charge is -2.30. The number of carbonyl (C=O) groups is 2. The van der Waals surface area contributed by atoms with Crippen LogP contribution in [0.2, 0.25) is 0 Å². The van der Waals surface area contributed by atoms with Gasteiger partial charge < -0.3 is 14.2 Å². The summed E-state index contributed by atoms with van der Waals surface area (Å²) in [6.45, 7) is 13.5. The molecule has 0 N–H and O–H groups in total. The lowest BCUT2D eigenvalue weighted by atomic mass is 10.0. The van der Waals surface area contributed by atoms with Crippen LogP contribution < -0.4 is 9.47 Å². The van der Waals surface area contributed by atoms with Crippen molar-refractivity contribution in [3.05, 3.63) is 64.7 Å². The molecular formula is C33H44O5S2. The summed E-state index contributed by atoms with van der Waals surface area (Å²) in [7, 11) is 4.05. The average Bonchev–Trinajstić information content (AvgIpc) is 3.40. The van der Waals surface area contributed by atoms with Crippen LogP contribution in [0.4, 0.5) is 0 Å². The van der Waals surface area contributed by atoms with Gasteiger partial charge in [0.15, 0.2) is 11.4 Å². The number of benzene rings is 2. The van der Waals surface area contributed by atoms with Crippen LogP contribution in [0.25, 0.3) is 6.08 Å². The van der Waals surface area contributed by atoms with Crippen molar-refractivity contribution in [2.45, 2.75) is 97.0 Å². The first-order valence-electron chi connectivity index (χ1n) is 14.1. The van der Waals surface area contributed by atoms with Crippen LogP contribution in [0.3, 0.4) is 0 Å². The van der Waals surface area contributed by atoms with E-state index in [1.165, 1.54) is 31.4 Å². The van der Waals surface area contributed by atoms with Gasteiger partial charge in [0, 0.05) is 16.6 Å². The fraction of sp³-hybridized carbons (Fsp3) is 0.515. The highest BCUT2D eigenvalue weighted by Crippen LogP contribution is 2.40. The van der Waals surface area contributed by atoms with Gasteiger partial charge in [0.1, 0.15) is 17.1 Å². The highest BCUT2D eigenvalue weighted by Gasteiger charge is 2.35. The summed E-state index contributed by atoms with van der Waals surface area (Å²) < 4.78 is 17.5. The second-order valence-electron chi connectivity index (χ2n) is 11.8. The lowest BCUT2D eigenvalue weighted by molar-refractivity contribution is -0.171. The van der Waals surface area contributed by atoms with Gasteiger partial charge in [-0.15, -0.1) is 0 Å². The fourth-order valence-electron chi connectivity index (χ4n) is 4.33. The molecule has 0 saturated carbocycles. The van der Waals surface area contributed by atoms with E-state index in [0.717, 1.165) is 34.1 Å². The number of hydrogen-bond donors (Lipinski definition) is 0. The first-order chi connectivity index (χ1) is 18.8. The standard InChI is InChI=1S/C33H44O5S2/c1-23-21-25(22-24(2)30(23)37-33(6,7)31(35)38-32(3,4)5)12-17-29(34)26-13-15-27(16-14-26)36-19-10-8-9-11-28-18-20-39-40-28/h12-17,21-22,28H,8-11,18-20H2,1-7H3/b17-12+. The van der Waals surface area contributed by atoms with E-state index in [1.807, 2.05) is 92.6 Å². The third kappa shape index (κ3) is 10.2. The number of allylic oxidation sites excluding steroid dienone is 1. The Kier molecular flexibility index (Phi) is 11.6. The monoisotopic (exact) mass is 584 g/mol. The Bertz CT molecular complexity index is 1150. The molecule has 1 unspecified atom stereocenters. The summed E-state index contributed by atoms with van der Waals surface area (Å²) in [5.41, 5.74) is 1.52. The molecule has 218 valence electrons. The highest BCUT2D eigenvalue weighted by molar-refractivity contribution is 8.77. The molecule has 40 heavy (non-hydrogen) atoms. The van der Waals surface area contributed by atoms with Crippen molar-refractivity contribution in [2.75, 3.05) is 12.4 Å². The second-order valence-corrected chi connectivity index (χ2v) is 14.6. The fourth-order valence-corrected chi connectivity index (χ4v) is 7.36. The number of unbranched alkanes of at least 4 members (excludes halogenated alkanes) is 2. The number of ketones is 1. The van der Waals surface area contributed by atoms with Crippen molar-refractivity contribution < 1.29 is 23.8 Å². The van der Waals surface area contributed by atoms with Crippen LogP contribution in [-0.2, 0) is 9.53 Å². The number of ether oxygens (including phenoxy) is 3. The lowest BCUT2D eigenvalue weighted by Crippen LogP contribution is -2.43. The molecule has 1 aliphatic heterocycles. The van der Waals surface area contributed by atoms with Crippen molar-refractivity contribution in [3.63, 3.8) is 0 Å². The minimum Gasteiger partial charge on any atom is -0.494 e. The summed E-state index contributed by atoms with van der Waals surface area (Å²) in [5, 5.41) is 0.842. The normalized spacial score (nSPS) is 15.8. The van der Waals surface area contributed by atoms with Gasteiger partial charge in [-0.25, -0.2) is 4.79 Å². The Balaban J connectivity index is 1.50. The Morgan fingerprint density at radius 2 is 1.65 bits per heavy atom. The maximum absolute atomic E-state index is 12.8. The first-order valence-corrected chi connectivity index (χ1v) is 16.5. The number of rotatable bonds is 13. The van der Waals surface area contributed by atoms with Crippen molar-refractivity contribution in [2.24, 2.45) is 0 Å². The van der Waals surface area contributed by atoms with Crippen LogP contribution in [0.1, 0.15) is 93.8 Å². The van der Waals surface area contributed by atoms with Crippen LogP contribution in [-0.4, -0.2) is 40.6 Å². The molecule has 5 nitrogen and oxygen atoms in total. The maximum atomic E-state index is 12.8. The number of esters is 1. The van der Waals surface area contributed by atoms with E-state index >= 15 is 0 Å². The molecule has 0 radical (unpaired) electrons. The quantitative estimate of drug-likeness (QED) is 0.0766. The van der Waals surface area contributed by atoms with Gasteiger partial charge >= 0.3 is 5.97 Å². The molecule has 0 amide bonds. The third-order valence-corrected chi connectivity index (χ3v) is 9.47. The zero-order chi connectivity index (χ0) is 29.3. The smallest absolute Gasteiger partial charge is 0.350 e. The number of carbonyl (C=O) groups excluding carboxylic acids is 2. The molecule has 3 rings (SSSR count). The van der Waals surface area contributed by atoms with Gasteiger partial charge in [0.25, 0.3) is 0 Å². The molecule has 1 atom stereocenters. The van der Waals surface area contributed by atoms with Crippen LogP contribution in [0, 0.1) is 13.8 Å². The summed E-state index contributed by atoms with van der Waals surface area (Å²) in [4.78, 5) is 25.4. The maximum Gasteiger partial charge on any atom is 0.350 e. The number of aryl methyl sites for hydroxylation is 2. The molecule has 0 bridgehead atoms. The first kappa shape index (κ1) is 32.1.